The Kier molecular flexibility index (Phi) is 9.77. The standard InChI is InChI=1S/C22H31N3O5S2/c1-22(2,3)30-21(28)24-9-11-32-31-10-8-23-19(26)12-15-13-20(27)29-18-14-16(25(4)5)6-7-17(15)18/h6-7,13-14H,8-12H2,1-5H3,(H,23,26)(H,24,28). The van der Waals surface area contributed by atoms with E-state index in [2.05, 4.69) is 10.6 Å². The second-order valence-electron chi connectivity index (χ2n) is 8.26. The van der Waals surface area contributed by atoms with Crippen LogP contribution < -0.4 is 21.2 Å². The molecule has 32 heavy (non-hydrogen) atoms. The van der Waals surface area contributed by atoms with Crippen molar-refractivity contribution in [1.29, 1.82) is 0 Å². The molecule has 10 heteroatoms. The molecule has 0 aliphatic carbocycles. The van der Waals surface area contributed by atoms with Gasteiger partial charge < -0.3 is 24.7 Å². The molecule has 0 bridgehead atoms. The van der Waals surface area contributed by atoms with Gasteiger partial charge in [0.25, 0.3) is 0 Å². The lowest BCUT2D eigenvalue weighted by Crippen LogP contribution is -2.33. The van der Waals surface area contributed by atoms with Gasteiger partial charge in [-0.1, -0.05) is 21.6 Å². The fraction of sp³-hybridized carbons (Fsp3) is 0.500. The highest BCUT2D eigenvalue weighted by atomic mass is 33.1. The number of ether oxygens (including phenoxy) is 1. The topological polar surface area (TPSA) is 101 Å². The third-order valence-electron chi connectivity index (χ3n) is 4.13. The second-order valence-corrected chi connectivity index (χ2v) is 11.0. The Hall–Kier alpha value is -2.33. The lowest BCUT2D eigenvalue weighted by Gasteiger charge is -2.19. The van der Waals surface area contributed by atoms with Gasteiger partial charge in [-0.05, 0) is 38.5 Å². The van der Waals surface area contributed by atoms with Crippen molar-refractivity contribution in [3.8, 4) is 0 Å². The molecule has 8 nitrogen and oxygen atoms in total. The monoisotopic (exact) mass is 481 g/mol. The molecule has 0 saturated heterocycles. The Morgan fingerprint density at radius 2 is 1.72 bits per heavy atom. The predicted molar refractivity (Wildman–Crippen MR) is 133 cm³/mol. The van der Waals surface area contributed by atoms with Crippen LogP contribution >= 0.6 is 21.6 Å². The predicted octanol–water partition coefficient (Wildman–Crippen LogP) is 3.42. The van der Waals surface area contributed by atoms with E-state index in [0.717, 1.165) is 22.6 Å². The number of carbonyl (C=O) groups is 2. The maximum absolute atomic E-state index is 12.3. The van der Waals surface area contributed by atoms with Gasteiger partial charge in [-0.3, -0.25) is 4.79 Å². The number of nitrogens with one attached hydrogen (secondary N) is 2. The molecule has 1 heterocycles. The maximum Gasteiger partial charge on any atom is 0.407 e. The highest BCUT2D eigenvalue weighted by Crippen LogP contribution is 2.23. The summed E-state index contributed by atoms with van der Waals surface area (Å²) in [5.74, 6) is 1.32. The molecule has 0 unspecified atom stereocenters. The third kappa shape index (κ3) is 9.04. The molecule has 1 aromatic heterocycles. The van der Waals surface area contributed by atoms with Crippen LogP contribution in [-0.4, -0.2) is 56.3 Å². The van der Waals surface area contributed by atoms with E-state index in [1.807, 2.05) is 51.9 Å². The summed E-state index contributed by atoms with van der Waals surface area (Å²) in [6.45, 7) is 6.49. The van der Waals surface area contributed by atoms with Crippen molar-refractivity contribution in [2.45, 2.75) is 32.8 Å². The van der Waals surface area contributed by atoms with Crippen LogP contribution in [0, 0.1) is 0 Å². The molecular formula is C22H31N3O5S2. The largest absolute Gasteiger partial charge is 0.444 e. The van der Waals surface area contributed by atoms with Crippen molar-refractivity contribution >= 4 is 50.2 Å². The van der Waals surface area contributed by atoms with Crippen LogP contribution in [0.4, 0.5) is 10.5 Å². The third-order valence-corrected chi connectivity index (χ3v) is 6.53. The normalized spacial score (nSPS) is 11.3. The molecule has 0 aliphatic heterocycles. The van der Waals surface area contributed by atoms with Crippen molar-refractivity contribution in [3.05, 3.63) is 40.2 Å². The molecule has 0 atom stereocenters. The fourth-order valence-electron chi connectivity index (χ4n) is 2.74. The summed E-state index contributed by atoms with van der Waals surface area (Å²) in [4.78, 5) is 37.7. The number of amides is 2. The van der Waals surface area contributed by atoms with Crippen LogP contribution in [0.5, 0.6) is 0 Å². The van der Waals surface area contributed by atoms with Gasteiger partial charge in [0.15, 0.2) is 0 Å². The van der Waals surface area contributed by atoms with E-state index >= 15 is 0 Å². The first-order valence-electron chi connectivity index (χ1n) is 10.3. The molecule has 0 spiro atoms. The van der Waals surface area contributed by atoms with Crippen LogP contribution in [-0.2, 0) is 16.0 Å². The summed E-state index contributed by atoms with van der Waals surface area (Å²) >= 11 is 0. The SMILES string of the molecule is CN(C)c1ccc2c(CC(=O)NCCSSCCNC(=O)OC(C)(C)C)cc(=O)oc2c1. The number of alkyl carbamates (subject to hydrolysis) is 1. The number of rotatable bonds is 10. The maximum atomic E-state index is 12.3. The number of fused-ring (bicyclic) bond motifs is 1. The summed E-state index contributed by atoms with van der Waals surface area (Å²) in [5, 5.41) is 6.34. The zero-order valence-corrected chi connectivity index (χ0v) is 20.8. The van der Waals surface area contributed by atoms with Crippen LogP contribution in [0.15, 0.2) is 33.5 Å². The van der Waals surface area contributed by atoms with Gasteiger partial charge in [-0.25, -0.2) is 9.59 Å². The molecule has 0 aliphatic rings. The molecule has 2 rings (SSSR count). The zero-order chi connectivity index (χ0) is 23.7. The van der Waals surface area contributed by atoms with Gasteiger partial charge in [0.2, 0.25) is 5.91 Å². The van der Waals surface area contributed by atoms with Crippen molar-refractivity contribution in [2.24, 2.45) is 0 Å². The van der Waals surface area contributed by atoms with Crippen molar-refractivity contribution < 1.29 is 18.7 Å². The Morgan fingerprint density at radius 1 is 1.06 bits per heavy atom. The van der Waals surface area contributed by atoms with Gasteiger partial charge in [-0.2, -0.15) is 0 Å². The Labute approximate surface area is 196 Å². The van der Waals surface area contributed by atoms with Gasteiger partial charge >= 0.3 is 11.7 Å². The Morgan fingerprint density at radius 3 is 2.34 bits per heavy atom. The van der Waals surface area contributed by atoms with E-state index in [4.69, 9.17) is 9.15 Å². The van der Waals surface area contributed by atoms with Crippen molar-refractivity contribution in [2.75, 3.05) is 43.6 Å². The Balaban J connectivity index is 1.71. The number of anilines is 1. The molecular weight excluding hydrogens is 450 g/mol. The first-order valence-corrected chi connectivity index (χ1v) is 12.8. The number of nitrogens with zero attached hydrogens (tertiary/aromatic N) is 1. The van der Waals surface area contributed by atoms with E-state index in [9.17, 15) is 14.4 Å². The molecule has 2 aromatic rings. The van der Waals surface area contributed by atoms with Gasteiger partial charge in [0.05, 0.1) is 6.42 Å². The van der Waals surface area contributed by atoms with E-state index < -0.39 is 17.3 Å². The molecule has 0 fully saturated rings. The van der Waals surface area contributed by atoms with E-state index in [1.54, 1.807) is 27.7 Å². The Bertz CT molecular complexity index is 986. The summed E-state index contributed by atoms with van der Waals surface area (Å²) in [6.07, 6.45) is -0.308. The molecule has 0 radical (unpaired) electrons. The van der Waals surface area contributed by atoms with Crippen LogP contribution in [0.25, 0.3) is 11.0 Å². The molecule has 176 valence electrons. The molecule has 0 saturated carbocycles. The molecule has 2 N–H and O–H groups in total. The van der Waals surface area contributed by atoms with E-state index in [-0.39, 0.29) is 12.3 Å². The summed E-state index contributed by atoms with van der Waals surface area (Å²) < 4.78 is 10.5. The van der Waals surface area contributed by atoms with E-state index in [0.29, 0.717) is 24.2 Å². The lowest BCUT2D eigenvalue weighted by molar-refractivity contribution is -0.120. The second kappa shape index (κ2) is 12.1. The lowest BCUT2D eigenvalue weighted by atomic mass is 10.1. The number of benzene rings is 1. The average molecular weight is 482 g/mol. The van der Waals surface area contributed by atoms with Gasteiger partial charge in [0.1, 0.15) is 11.2 Å². The number of carbonyl (C=O) groups excluding carboxylic acids is 2. The highest BCUT2D eigenvalue weighted by Gasteiger charge is 2.15. The van der Waals surface area contributed by atoms with Crippen molar-refractivity contribution in [1.82, 2.24) is 10.6 Å². The minimum absolute atomic E-state index is 0.112. The minimum atomic E-state index is -0.505. The highest BCUT2D eigenvalue weighted by molar-refractivity contribution is 8.76. The smallest absolute Gasteiger partial charge is 0.407 e. The van der Waals surface area contributed by atoms with Crippen molar-refractivity contribution in [3.63, 3.8) is 0 Å². The number of hydrogen-bond donors (Lipinski definition) is 2. The van der Waals surface area contributed by atoms with Crippen LogP contribution in [0.1, 0.15) is 26.3 Å². The summed E-state index contributed by atoms with van der Waals surface area (Å²) in [6, 6.07) is 6.96. The molecule has 2 amide bonds. The first kappa shape index (κ1) is 25.9. The fourth-order valence-corrected chi connectivity index (χ4v) is 4.55. The molecule has 1 aromatic carbocycles. The van der Waals surface area contributed by atoms with E-state index in [1.165, 1.54) is 6.07 Å². The van der Waals surface area contributed by atoms with Crippen LogP contribution in [0.2, 0.25) is 0 Å². The quantitative estimate of drug-likeness (QED) is 0.302. The van der Waals surface area contributed by atoms with Gasteiger partial charge in [-0.15, -0.1) is 0 Å². The first-order chi connectivity index (χ1) is 15.0. The summed E-state index contributed by atoms with van der Waals surface area (Å²) in [7, 11) is 7.04. The summed E-state index contributed by atoms with van der Waals surface area (Å²) in [5.41, 5.74) is 1.06. The minimum Gasteiger partial charge on any atom is -0.444 e. The van der Waals surface area contributed by atoms with Gasteiger partial charge in [0, 0.05) is 61.9 Å². The number of hydrogen-bond acceptors (Lipinski definition) is 8. The average Bonchev–Trinajstić information content (AvgIpc) is 2.67. The zero-order valence-electron chi connectivity index (χ0n) is 19.1. The van der Waals surface area contributed by atoms with Crippen LogP contribution in [0.3, 0.4) is 0 Å².